The van der Waals surface area contributed by atoms with Crippen molar-refractivity contribution in [3.8, 4) is 5.00 Å². The van der Waals surface area contributed by atoms with Crippen molar-refractivity contribution in [2.24, 2.45) is 4.99 Å². The van der Waals surface area contributed by atoms with Gasteiger partial charge in [-0.15, -0.1) is 21.5 Å². The highest BCUT2D eigenvalue weighted by atomic mass is 35.5. The Labute approximate surface area is 306 Å². The van der Waals surface area contributed by atoms with Crippen molar-refractivity contribution >= 4 is 52.3 Å². The SMILES string of the molecule is Cc1sc2c(c1C)C(c1ccc(Cl)cc1)=N[C@@H](CC(=O)NCCCCCC(=O)NCc1cccc3c1C(=O)N(C(C)(C)C)C3=O)c1nnc(C)n1-2. The summed E-state index contributed by atoms with van der Waals surface area (Å²) in [5, 5.41) is 16.4. The smallest absolute Gasteiger partial charge is 0.262 e. The molecule has 0 saturated heterocycles. The summed E-state index contributed by atoms with van der Waals surface area (Å²) in [6, 6.07) is 12.2. The van der Waals surface area contributed by atoms with E-state index >= 15 is 0 Å². The normalized spacial score (nSPS) is 15.2. The first-order chi connectivity index (χ1) is 24.3. The molecule has 0 spiro atoms. The maximum absolute atomic E-state index is 13.3. The van der Waals surface area contributed by atoms with Crippen LogP contribution in [0.5, 0.6) is 0 Å². The number of nitrogens with zero attached hydrogens (tertiary/aromatic N) is 5. The number of hydrogen-bond acceptors (Lipinski definition) is 8. The molecule has 2 aromatic carbocycles. The number of fused-ring (bicyclic) bond motifs is 4. The molecular formula is C38H42ClN7O4S. The largest absolute Gasteiger partial charge is 0.356 e. The third-order valence-corrected chi connectivity index (χ3v) is 10.7. The van der Waals surface area contributed by atoms with Crippen LogP contribution in [0, 0.1) is 20.8 Å². The number of thiophene rings is 1. The van der Waals surface area contributed by atoms with Gasteiger partial charge in [-0.2, -0.15) is 0 Å². The van der Waals surface area contributed by atoms with E-state index < -0.39 is 11.6 Å². The second-order valence-electron chi connectivity index (χ2n) is 14.0. The molecule has 51 heavy (non-hydrogen) atoms. The molecule has 2 N–H and O–H groups in total. The third-order valence-electron chi connectivity index (χ3n) is 9.29. The zero-order chi connectivity index (χ0) is 36.6. The first-order valence-corrected chi connectivity index (χ1v) is 18.4. The zero-order valence-electron chi connectivity index (χ0n) is 29.7. The Morgan fingerprint density at radius 2 is 1.65 bits per heavy atom. The van der Waals surface area contributed by atoms with E-state index in [4.69, 9.17) is 16.6 Å². The molecule has 0 unspecified atom stereocenters. The Hall–Kier alpha value is -4.68. The molecule has 0 aliphatic carbocycles. The average Bonchev–Trinajstić information content (AvgIpc) is 3.66. The van der Waals surface area contributed by atoms with Gasteiger partial charge in [0, 0.05) is 46.1 Å². The second kappa shape index (κ2) is 14.5. The number of carbonyl (C=O) groups excluding carboxylic acids is 4. The van der Waals surface area contributed by atoms with E-state index in [-0.39, 0.29) is 36.6 Å². The highest BCUT2D eigenvalue weighted by Crippen LogP contribution is 2.39. The lowest BCUT2D eigenvalue weighted by Crippen LogP contribution is -2.45. The molecule has 2 aliphatic rings. The van der Waals surface area contributed by atoms with E-state index in [0.29, 0.717) is 53.3 Å². The van der Waals surface area contributed by atoms with Gasteiger partial charge in [0.2, 0.25) is 11.8 Å². The molecule has 13 heteroatoms. The van der Waals surface area contributed by atoms with E-state index in [2.05, 4.69) is 34.7 Å². The van der Waals surface area contributed by atoms with Crippen molar-refractivity contribution in [1.29, 1.82) is 0 Å². The van der Waals surface area contributed by atoms with Crippen molar-refractivity contribution in [2.45, 2.75) is 91.8 Å². The molecule has 11 nitrogen and oxygen atoms in total. The Morgan fingerprint density at radius 3 is 2.37 bits per heavy atom. The lowest BCUT2D eigenvalue weighted by molar-refractivity contribution is -0.122. The molecule has 0 bridgehead atoms. The van der Waals surface area contributed by atoms with Crippen LogP contribution in [0.2, 0.25) is 5.02 Å². The summed E-state index contributed by atoms with van der Waals surface area (Å²) in [5.41, 5.74) is 4.56. The lowest BCUT2D eigenvalue weighted by atomic mass is 9.99. The summed E-state index contributed by atoms with van der Waals surface area (Å²) in [6.45, 7) is 12.2. The Kier molecular flexibility index (Phi) is 10.3. The molecule has 1 atom stereocenters. The molecule has 4 amide bonds. The maximum atomic E-state index is 13.3. The highest BCUT2D eigenvalue weighted by molar-refractivity contribution is 7.15. The minimum absolute atomic E-state index is 0.107. The monoisotopic (exact) mass is 727 g/mol. The van der Waals surface area contributed by atoms with Gasteiger partial charge in [-0.05, 0) is 83.7 Å². The highest BCUT2D eigenvalue weighted by Gasteiger charge is 2.43. The van der Waals surface area contributed by atoms with E-state index in [1.807, 2.05) is 56.5 Å². The number of amides is 4. The molecule has 4 heterocycles. The fourth-order valence-electron chi connectivity index (χ4n) is 6.59. The van der Waals surface area contributed by atoms with Gasteiger partial charge in [-0.25, -0.2) is 0 Å². The van der Waals surface area contributed by atoms with E-state index in [1.54, 1.807) is 29.5 Å². The average molecular weight is 728 g/mol. The molecular weight excluding hydrogens is 686 g/mol. The van der Waals surface area contributed by atoms with Gasteiger partial charge >= 0.3 is 0 Å². The van der Waals surface area contributed by atoms with E-state index in [9.17, 15) is 19.2 Å². The van der Waals surface area contributed by atoms with Gasteiger partial charge in [-0.3, -0.25) is 33.6 Å². The van der Waals surface area contributed by atoms with Crippen LogP contribution in [0.25, 0.3) is 5.00 Å². The number of unbranched alkanes of at least 4 members (excludes halogenated alkanes) is 2. The number of aliphatic imine (C=N–C) groups is 1. The zero-order valence-corrected chi connectivity index (χ0v) is 31.3. The summed E-state index contributed by atoms with van der Waals surface area (Å²) < 4.78 is 2.03. The number of aryl methyl sites for hydroxylation is 2. The summed E-state index contributed by atoms with van der Waals surface area (Å²) in [7, 11) is 0. The van der Waals surface area contributed by atoms with Crippen molar-refractivity contribution in [3.05, 3.63) is 97.4 Å². The van der Waals surface area contributed by atoms with Crippen molar-refractivity contribution in [1.82, 2.24) is 30.3 Å². The molecule has 0 saturated carbocycles. The quantitative estimate of drug-likeness (QED) is 0.132. The van der Waals surface area contributed by atoms with Gasteiger partial charge in [0.15, 0.2) is 5.82 Å². The molecule has 2 aliphatic heterocycles. The standard InChI is InChI=1S/C38H42ClN7O4S/c1-21-22(2)51-37-31(21)33(24-14-16-26(39)17-15-24)42-28(34-44-43-23(3)45(34)37)19-30(48)40-18-9-7-8-13-29(47)41-20-25-11-10-12-27-32(25)36(50)46(35(27)49)38(4,5)6/h10-12,14-17,28H,7-9,13,18-20H2,1-6H3,(H,40,48)(H,41,47)/t28-/m0/s1. The van der Waals surface area contributed by atoms with Crippen molar-refractivity contribution < 1.29 is 19.2 Å². The van der Waals surface area contributed by atoms with E-state index in [1.165, 1.54) is 9.78 Å². The number of aromatic nitrogens is 3. The number of carbonyl (C=O) groups is 4. The molecule has 266 valence electrons. The summed E-state index contributed by atoms with van der Waals surface area (Å²) in [6.07, 6.45) is 2.52. The van der Waals surface area contributed by atoms with Gasteiger partial charge in [0.1, 0.15) is 16.9 Å². The Balaban J connectivity index is 1.02. The lowest BCUT2D eigenvalue weighted by Gasteiger charge is -2.29. The van der Waals surface area contributed by atoms with Crippen LogP contribution in [0.1, 0.15) is 118 Å². The number of nitrogens with one attached hydrogen (secondary N) is 2. The van der Waals surface area contributed by atoms with Crippen LogP contribution in [0.3, 0.4) is 0 Å². The van der Waals surface area contributed by atoms with Crippen LogP contribution >= 0.6 is 22.9 Å². The van der Waals surface area contributed by atoms with Crippen LogP contribution in [-0.2, 0) is 16.1 Å². The number of imide groups is 1. The minimum Gasteiger partial charge on any atom is -0.356 e. The number of rotatable bonds is 11. The maximum Gasteiger partial charge on any atom is 0.262 e. The molecule has 6 rings (SSSR count). The summed E-state index contributed by atoms with van der Waals surface area (Å²) >= 11 is 7.88. The van der Waals surface area contributed by atoms with Crippen LogP contribution in [0.15, 0.2) is 47.5 Å². The van der Waals surface area contributed by atoms with E-state index in [0.717, 1.165) is 39.6 Å². The Morgan fingerprint density at radius 1 is 0.902 bits per heavy atom. The fourth-order valence-corrected chi connectivity index (χ4v) is 7.93. The summed E-state index contributed by atoms with van der Waals surface area (Å²) in [4.78, 5) is 59.5. The predicted molar refractivity (Wildman–Crippen MR) is 198 cm³/mol. The topological polar surface area (TPSA) is 139 Å². The Bertz CT molecular complexity index is 2060. The number of halogens is 1. The van der Waals surface area contributed by atoms with Crippen LogP contribution in [-0.4, -0.2) is 61.1 Å². The predicted octanol–water partition coefficient (Wildman–Crippen LogP) is 6.58. The minimum atomic E-state index is -0.648. The fraction of sp³-hybridized carbons (Fsp3) is 0.395. The third kappa shape index (κ3) is 7.25. The first kappa shape index (κ1) is 36.1. The second-order valence-corrected chi connectivity index (χ2v) is 15.6. The van der Waals surface area contributed by atoms with Crippen molar-refractivity contribution in [2.75, 3.05) is 6.54 Å². The van der Waals surface area contributed by atoms with Crippen LogP contribution < -0.4 is 10.6 Å². The molecule has 2 aromatic heterocycles. The number of hydrogen-bond donors (Lipinski definition) is 2. The molecule has 0 fully saturated rings. The number of benzene rings is 2. The molecule has 4 aromatic rings. The molecule has 0 radical (unpaired) electrons. The van der Waals surface area contributed by atoms with Gasteiger partial charge in [-0.1, -0.05) is 42.3 Å². The van der Waals surface area contributed by atoms with Gasteiger partial charge < -0.3 is 10.6 Å². The first-order valence-electron chi connectivity index (χ1n) is 17.2. The summed E-state index contributed by atoms with van der Waals surface area (Å²) in [5.74, 6) is 0.438. The van der Waals surface area contributed by atoms with Gasteiger partial charge in [0.05, 0.1) is 23.3 Å². The van der Waals surface area contributed by atoms with Gasteiger partial charge in [0.25, 0.3) is 11.8 Å². The van der Waals surface area contributed by atoms with Crippen LogP contribution in [0.4, 0.5) is 0 Å². The van der Waals surface area contributed by atoms with Crippen molar-refractivity contribution in [3.63, 3.8) is 0 Å².